The third-order valence-electron chi connectivity index (χ3n) is 4.84. The second kappa shape index (κ2) is 10.2. The molecule has 0 saturated carbocycles. The van der Waals surface area contributed by atoms with Gasteiger partial charge < -0.3 is 25.2 Å². The highest BCUT2D eigenvalue weighted by atomic mass is 16.6. The molecule has 1 rings (SSSR count). The van der Waals surface area contributed by atoms with Gasteiger partial charge in [-0.1, -0.05) is 29.4 Å². The Morgan fingerprint density at radius 1 is 1.04 bits per heavy atom. The smallest absolute Gasteiger partial charge is 0.144 e. The van der Waals surface area contributed by atoms with Crippen LogP contribution in [0.4, 0.5) is 0 Å². The van der Waals surface area contributed by atoms with Crippen molar-refractivity contribution in [2.45, 2.75) is 77.3 Å². The van der Waals surface area contributed by atoms with Crippen molar-refractivity contribution in [2.24, 2.45) is 0 Å². The molecule has 0 radical (unpaired) electrons. The number of ether oxygens (including phenoxy) is 1. The van der Waals surface area contributed by atoms with Crippen LogP contribution in [0.5, 0.6) is 0 Å². The zero-order valence-electron chi connectivity index (χ0n) is 15.9. The summed E-state index contributed by atoms with van der Waals surface area (Å²) in [5.74, 6) is 0. The maximum Gasteiger partial charge on any atom is 0.144 e. The van der Waals surface area contributed by atoms with E-state index in [1.807, 2.05) is 39.8 Å². The number of allylic oxidation sites excluding steroid dienone is 2. The average Bonchev–Trinajstić information content (AvgIpc) is 3.30. The Bertz CT molecular complexity index is 504. The van der Waals surface area contributed by atoms with Gasteiger partial charge in [0.25, 0.3) is 0 Å². The SMILES string of the molecule is CC(C)=CC[C@@H](O)/C(C)=C/C[C@H](O)[C@]1(CO)O[C@H]1CC/C(C)=C\CO. The largest absolute Gasteiger partial charge is 0.393 e. The molecule has 0 spiro atoms. The maximum atomic E-state index is 10.4. The highest BCUT2D eigenvalue weighted by Crippen LogP contribution is 2.44. The van der Waals surface area contributed by atoms with Gasteiger partial charge in [0.2, 0.25) is 0 Å². The van der Waals surface area contributed by atoms with E-state index < -0.39 is 17.8 Å². The van der Waals surface area contributed by atoms with Crippen LogP contribution in [0.25, 0.3) is 0 Å². The second-order valence-electron chi connectivity index (χ2n) is 7.22. The fourth-order valence-electron chi connectivity index (χ4n) is 2.85. The summed E-state index contributed by atoms with van der Waals surface area (Å²) in [5.41, 5.74) is 2.13. The van der Waals surface area contributed by atoms with Crippen LogP contribution in [0, 0.1) is 0 Å². The van der Waals surface area contributed by atoms with Crippen LogP contribution in [0.2, 0.25) is 0 Å². The molecule has 0 aromatic rings. The topological polar surface area (TPSA) is 93.5 Å². The van der Waals surface area contributed by atoms with Gasteiger partial charge in [0.1, 0.15) is 5.60 Å². The second-order valence-corrected chi connectivity index (χ2v) is 7.22. The summed E-state index contributed by atoms with van der Waals surface area (Å²) < 4.78 is 5.62. The van der Waals surface area contributed by atoms with Crippen LogP contribution >= 0.6 is 0 Å². The highest BCUT2D eigenvalue weighted by Gasteiger charge is 2.59. The van der Waals surface area contributed by atoms with Gasteiger partial charge in [0.05, 0.1) is 31.5 Å². The Hall–Kier alpha value is -0.980. The van der Waals surface area contributed by atoms with Crippen molar-refractivity contribution >= 4 is 0 Å². The Morgan fingerprint density at radius 2 is 1.72 bits per heavy atom. The molecule has 0 aromatic heterocycles. The fourth-order valence-corrected chi connectivity index (χ4v) is 2.85. The van der Waals surface area contributed by atoms with E-state index in [-0.39, 0.29) is 19.3 Å². The first-order valence-corrected chi connectivity index (χ1v) is 8.98. The van der Waals surface area contributed by atoms with Crippen LogP contribution in [0.3, 0.4) is 0 Å². The fraction of sp³-hybridized carbons (Fsp3) is 0.700. The summed E-state index contributed by atoms with van der Waals surface area (Å²) in [6.45, 7) is 7.55. The molecule has 5 heteroatoms. The standard InChI is InChI=1S/C20H34O5/c1-14(2)5-8-17(23)16(4)7-9-18(24)20(13-22)19(25-20)10-6-15(3)11-12-21/h5,7,11,17-19,21-24H,6,8-10,12-13H2,1-4H3/b15-11-,16-7+/t17-,18+,19+,20+/m1/s1. The number of epoxide rings is 1. The van der Waals surface area contributed by atoms with Crippen molar-refractivity contribution in [3.63, 3.8) is 0 Å². The minimum absolute atomic E-state index is 0.0181. The zero-order valence-corrected chi connectivity index (χ0v) is 15.9. The van der Waals surface area contributed by atoms with Crippen molar-refractivity contribution in [3.8, 4) is 0 Å². The lowest BCUT2D eigenvalue weighted by Crippen LogP contribution is -2.35. The van der Waals surface area contributed by atoms with Crippen LogP contribution in [-0.2, 0) is 4.74 Å². The molecule has 0 aromatic carbocycles. The maximum absolute atomic E-state index is 10.4. The van der Waals surface area contributed by atoms with E-state index in [1.165, 1.54) is 0 Å². The lowest BCUT2D eigenvalue weighted by atomic mass is 9.92. The predicted octanol–water partition coefficient (Wildman–Crippen LogP) is 2.25. The summed E-state index contributed by atoms with van der Waals surface area (Å²) in [5, 5.41) is 39.1. The quantitative estimate of drug-likeness (QED) is 0.337. The average molecular weight is 354 g/mol. The number of hydrogen-bond acceptors (Lipinski definition) is 5. The molecule has 1 heterocycles. The molecular formula is C20H34O5. The number of aliphatic hydroxyl groups excluding tert-OH is 4. The summed E-state index contributed by atoms with van der Waals surface area (Å²) in [6.07, 6.45) is 6.35. The molecule has 1 fully saturated rings. The van der Waals surface area contributed by atoms with Gasteiger partial charge >= 0.3 is 0 Å². The van der Waals surface area contributed by atoms with Gasteiger partial charge in [0.15, 0.2) is 0 Å². The molecule has 1 aliphatic rings. The number of hydrogen-bond donors (Lipinski definition) is 4. The summed E-state index contributed by atoms with van der Waals surface area (Å²) in [7, 11) is 0. The zero-order chi connectivity index (χ0) is 19.0. The van der Waals surface area contributed by atoms with Gasteiger partial charge in [0, 0.05) is 0 Å². The molecule has 5 nitrogen and oxygen atoms in total. The van der Waals surface area contributed by atoms with E-state index >= 15 is 0 Å². The molecular weight excluding hydrogens is 320 g/mol. The molecule has 25 heavy (non-hydrogen) atoms. The molecule has 4 N–H and O–H groups in total. The Balaban J connectivity index is 2.54. The first-order chi connectivity index (χ1) is 11.8. The molecule has 1 saturated heterocycles. The van der Waals surface area contributed by atoms with Crippen molar-refractivity contribution in [3.05, 3.63) is 34.9 Å². The van der Waals surface area contributed by atoms with Gasteiger partial charge in [-0.3, -0.25) is 0 Å². The molecule has 144 valence electrons. The van der Waals surface area contributed by atoms with Crippen molar-refractivity contribution in [2.75, 3.05) is 13.2 Å². The molecule has 4 atom stereocenters. The minimum Gasteiger partial charge on any atom is -0.393 e. The van der Waals surface area contributed by atoms with Gasteiger partial charge in [-0.05, 0) is 59.0 Å². The number of aliphatic hydroxyl groups is 4. The van der Waals surface area contributed by atoms with Crippen LogP contribution in [0.1, 0.15) is 53.4 Å². The molecule has 0 aliphatic carbocycles. The number of rotatable bonds is 11. The van der Waals surface area contributed by atoms with E-state index in [0.717, 1.165) is 23.1 Å². The predicted molar refractivity (Wildman–Crippen MR) is 99.2 cm³/mol. The first-order valence-electron chi connectivity index (χ1n) is 8.98. The van der Waals surface area contributed by atoms with Gasteiger partial charge in [-0.2, -0.15) is 0 Å². The lowest BCUT2D eigenvalue weighted by Gasteiger charge is -2.17. The Morgan fingerprint density at radius 3 is 2.28 bits per heavy atom. The molecule has 0 bridgehead atoms. The Kier molecular flexibility index (Phi) is 9.03. The van der Waals surface area contributed by atoms with Crippen molar-refractivity contribution in [1.82, 2.24) is 0 Å². The third kappa shape index (κ3) is 6.68. The van der Waals surface area contributed by atoms with Crippen LogP contribution < -0.4 is 0 Å². The third-order valence-corrected chi connectivity index (χ3v) is 4.84. The van der Waals surface area contributed by atoms with Gasteiger partial charge in [-0.25, -0.2) is 0 Å². The van der Waals surface area contributed by atoms with Crippen molar-refractivity contribution < 1.29 is 25.2 Å². The molecule has 1 aliphatic heterocycles. The summed E-state index contributed by atoms with van der Waals surface area (Å²) >= 11 is 0. The monoisotopic (exact) mass is 354 g/mol. The van der Waals surface area contributed by atoms with Crippen molar-refractivity contribution in [1.29, 1.82) is 0 Å². The minimum atomic E-state index is -0.902. The van der Waals surface area contributed by atoms with Crippen LogP contribution in [0.15, 0.2) is 34.9 Å². The van der Waals surface area contributed by atoms with E-state index in [4.69, 9.17) is 9.84 Å². The van der Waals surface area contributed by atoms with E-state index in [2.05, 4.69) is 0 Å². The van der Waals surface area contributed by atoms with Crippen LogP contribution in [-0.4, -0.2) is 57.6 Å². The first kappa shape index (κ1) is 22.1. The highest BCUT2D eigenvalue weighted by molar-refractivity contribution is 5.14. The normalized spacial score (nSPS) is 26.3. The lowest BCUT2D eigenvalue weighted by molar-refractivity contribution is 0.0384. The van der Waals surface area contributed by atoms with Gasteiger partial charge in [-0.15, -0.1) is 0 Å². The van der Waals surface area contributed by atoms with E-state index in [9.17, 15) is 15.3 Å². The molecule has 0 amide bonds. The van der Waals surface area contributed by atoms with E-state index in [0.29, 0.717) is 19.3 Å². The Labute approximate surface area is 151 Å². The summed E-state index contributed by atoms with van der Waals surface area (Å²) in [6, 6.07) is 0. The summed E-state index contributed by atoms with van der Waals surface area (Å²) in [4.78, 5) is 0. The van der Waals surface area contributed by atoms with E-state index in [1.54, 1.807) is 6.08 Å². The molecule has 0 unspecified atom stereocenters.